The van der Waals surface area contributed by atoms with Gasteiger partial charge in [0, 0.05) is 6.04 Å². The molecule has 1 heteroatoms. The van der Waals surface area contributed by atoms with Gasteiger partial charge in [0.1, 0.15) is 0 Å². The largest absolute Gasteiger partial charge is 0.310 e. The molecule has 0 aromatic heterocycles. The van der Waals surface area contributed by atoms with Crippen LogP contribution in [0.3, 0.4) is 0 Å². The maximum atomic E-state index is 3.80. The van der Waals surface area contributed by atoms with E-state index in [1.807, 2.05) is 0 Å². The Balaban J connectivity index is 2.05. The van der Waals surface area contributed by atoms with E-state index in [-0.39, 0.29) is 0 Å². The molecule has 0 amide bonds. The van der Waals surface area contributed by atoms with Crippen molar-refractivity contribution in [3.05, 3.63) is 35.4 Å². The van der Waals surface area contributed by atoms with Crippen LogP contribution in [0.25, 0.3) is 0 Å². The van der Waals surface area contributed by atoms with E-state index < -0.39 is 0 Å². The van der Waals surface area contributed by atoms with Crippen molar-refractivity contribution in [2.24, 2.45) is 5.92 Å². The third kappa shape index (κ3) is 2.95. The number of hydrogen-bond donors (Lipinski definition) is 1. The quantitative estimate of drug-likeness (QED) is 0.796. The fourth-order valence-corrected chi connectivity index (χ4v) is 3.10. The summed E-state index contributed by atoms with van der Waals surface area (Å²) < 4.78 is 0. The Morgan fingerprint density at radius 2 is 1.78 bits per heavy atom. The maximum Gasteiger partial charge on any atom is 0.0323 e. The summed E-state index contributed by atoms with van der Waals surface area (Å²) in [5.41, 5.74) is 3.10. The van der Waals surface area contributed by atoms with Crippen molar-refractivity contribution in [1.29, 1.82) is 0 Å². The predicted octanol–water partition coefficient (Wildman–Crippen LogP) is 4.65. The average molecular weight is 245 g/mol. The SMILES string of the molecule is CCC(CC)CNC1CCC(C)c2ccccc21. The monoisotopic (exact) mass is 245 g/mol. The van der Waals surface area contributed by atoms with Gasteiger partial charge in [-0.05, 0) is 42.3 Å². The van der Waals surface area contributed by atoms with Gasteiger partial charge in [-0.2, -0.15) is 0 Å². The molecule has 1 nitrogen and oxygen atoms in total. The zero-order chi connectivity index (χ0) is 13.0. The van der Waals surface area contributed by atoms with E-state index in [1.54, 1.807) is 11.1 Å². The molecule has 100 valence electrons. The lowest BCUT2D eigenvalue weighted by molar-refractivity contribution is 0.375. The first-order valence-electron chi connectivity index (χ1n) is 7.58. The molecule has 0 saturated heterocycles. The van der Waals surface area contributed by atoms with E-state index in [0.717, 1.165) is 11.8 Å². The second-order valence-electron chi connectivity index (χ2n) is 5.75. The molecular weight excluding hydrogens is 218 g/mol. The van der Waals surface area contributed by atoms with Crippen LogP contribution < -0.4 is 5.32 Å². The molecule has 0 aliphatic heterocycles. The molecular formula is C17H27N. The van der Waals surface area contributed by atoms with Gasteiger partial charge in [-0.15, -0.1) is 0 Å². The molecule has 2 atom stereocenters. The molecule has 2 rings (SSSR count). The van der Waals surface area contributed by atoms with Crippen LogP contribution >= 0.6 is 0 Å². The van der Waals surface area contributed by atoms with Crippen molar-refractivity contribution >= 4 is 0 Å². The van der Waals surface area contributed by atoms with E-state index in [1.165, 1.54) is 32.2 Å². The smallest absolute Gasteiger partial charge is 0.0323 e. The summed E-state index contributed by atoms with van der Waals surface area (Å²) in [6, 6.07) is 9.57. The molecule has 1 aromatic carbocycles. The van der Waals surface area contributed by atoms with Gasteiger partial charge in [0.15, 0.2) is 0 Å². The van der Waals surface area contributed by atoms with Gasteiger partial charge >= 0.3 is 0 Å². The summed E-state index contributed by atoms with van der Waals surface area (Å²) in [5.74, 6) is 1.56. The second kappa shape index (κ2) is 6.38. The zero-order valence-electron chi connectivity index (χ0n) is 12.1. The Kier molecular flexibility index (Phi) is 4.82. The Morgan fingerprint density at radius 3 is 2.44 bits per heavy atom. The molecule has 0 fully saturated rings. The normalized spacial score (nSPS) is 23.1. The van der Waals surface area contributed by atoms with Crippen LogP contribution in [0.4, 0.5) is 0 Å². The van der Waals surface area contributed by atoms with Crippen molar-refractivity contribution in [3.63, 3.8) is 0 Å². The topological polar surface area (TPSA) is 12.0 Å². The van der Waals surface area contributed by atoms with Crippen molar-refractivity contribution in [3.8, 4) is 0 Å². The van der Waals surface area contributed by atoms with Crippen LogP contribution in [-0.4, -0.2) is 6.54 Å². The number of benzene rings is 1. The fourth-order valence-electron chi connectivity index (χ4n) is 3.10. The number of rotatable bonds is 5. The van der Waals surface area contributed by atoms with Crippen molar-refractivity contribution in [2.45, 2.75) is 58.4 Å². The highest BCUT2D eigenvalue weighted by Gasteiger charge is 2.24. The van der Waals surface area contributed by atoms with Crippen LogP contribution in [0.2, 0.25) is 0 Å². The molecule has 0 spiro atoms. The number of fused-ring (bicyclic) bond motifs is 1. The van der Waals surface area contributed by atoms with Crippen molar-refractivity contribution < 1.29 is 0 Å². The minimum Gasteiger partial charge on any atom is -0.310 e. The van der Waals surface area contributed by atoms with Gasteiger partial charge in [-0.1, -0.05) is 57.9 Å². The zero-order valence-corrected chi connectivity index (χ0v) is 12.1. The van der Waals surface area contributed by atoms with Gasteiger partial charge in [0.05, 0.1) is 0 Å². The second-order valence-corrected chi connectivity index (χ2v) is 5.75. The van der Waals surface area contributed by atoms with Gasteiger partial charge in [-0.3, -0.25) is 0 Å². The van der Waals surface area contributed by atoms with E-state index in [4.69, 9.17) is 0 Å². The van der Waals surface area contributed by atoms with Gasteiger partial charge in [0.25, 0.3) is 0 Å². The Hall–Kier alpha value is -0.820. The molecule has 1 aliphatic carbocycles. The van der Waals surface area contributed by atoms with E-state index >= 15 is 0 Å². The first-order chi connectivity index (χ1) is 8.76. The Bertz CT molecular complexity index is 368. The molecule has 0 heterocycles. The summed E-state index contributed by atoms with van der Waals surface area (Å²) in [6.07, 6.45) is 5.18. The Labute approximate surface area is 112 Å². The molecule has 1 N–H and O–H groups in total. The van der Waals surface area contributed by atoms with Crippen LogP contribution in [0.5, 0.6) is 0 Å². The average Bonchev–Trinajstić information content (AvgIpc) is 2.42. The van der Waals surface area contributed by atoms with Crippen LogP contribution in [-0.2, 0) is 0 Å². The first-order valence-corrected chi connectivity index (χ1v) is 7.58. The third-order valence-corrected chi connectivity index (χ3v) is 4.60. The van der Waals surface area contributed by atoms with Crippen molar-refractivity contribution in [1.82, 2.24) is 5.32 Å². The highest BCUT2D eigenvalue weighted by molar-refractivity contribution is 5.34. The molecule has 2 unspecified atom stereocenters. The highest BCUT2D eigenvalue weighted by Crippen LogP contribution is 2.36. The van der Waals surface area contributed by atoms with Crippen molar-refractivity contribution in [2.75, 3.05) is 6.54 Å². The summed E-state index contributed by atoms with van der Waals surface area (Å²) in [5, 5.41) is 3.80. The van der Waals surface area contributed by atoms with E-state index in [0.29, 0.717) is 6.04 Å². The molecule has 1 aliphatic rings. The molecule has 0 radical (unpaired) electrons. The standard InChI is InChI=1S/C17H27N/c1-4-14(5-2)12-18-17-11-10-13(3)15-8-6-7-9-16(15)17/h6-9,13-14,17-18H,4-5,10-12H2,1-3H3. The molecule has 18 heavy (non-hydrogen) atoms. The van der Waals surface area contributed by atoms with Crippen LogP contribution in [0.1, 0.15) is 69.5 Å². The third-order valence-electron chi connectivity index (χ3n) is 4.60. The van der Waals surface area contributed by atoms with Gasteiger partial charge < -0.3 is 5.32 Å². The fraction of sp³-hybridized carbons (Fsp3) is 0.647. The minimum absolute atomic E-state index is 0.581. The van der Waals surface area contributed by atoms with E-state index in [2.05, 4.69) is 50.4 Å². The Morgan fingerprint density at radius 1 is 1.11 bits per heavy atom. The molecule has 1 aromatic rings. The molecule has 0 saturated carbocycles. The predicted molar refractivity (Wildman–Crippen MR) is 78.9 cm³/mol. The lowest BCUT2D eigenvalue weighted by Crippen LogP contribution is -2.30. The highest BCUT2D eigenvalue weighted by atomic mass is 14.9. The van der Waals surface area contributed by atoms with Gasteiger partial charge in [-0.25, -0.2) is 0 Å². The summed E-state index contributed by atoms with van der Waals surface area (Å²) >= 11 is 0. The lowest BCUT2D eigenvalue weighted by Gasteiger charge is -2.31. The minimum atomic E-state index is 0.581. The summed E-state index contributed by atoms with van der Waals surface area (Å²) in [7, 11) is 0. The summed E-state index contributed by atoms with van der Waals surface area (Å²) in [4.78, 5) is 0. The van der Waals surface area contributed by atoms with E-state index in [9.17, 15) is 0 Å². The van der Waals surface area contributed by atoms with Crippen LogP contribution in [0, 0.1) is 5.92 Å². The molecule has 0 bridgehead atoms. The lowest BCUT2D eigenvalue weighted by atomic mass is 9.81. The number of nitrogens with one attached hydrogen (secondary N) is 1. The van der Waals surface area contributed by atoms with Crippen LogP contribution in [0.15, 0.2) is 24.3 Å². The number of hydrogen-bond acceptors (Lipinski definition) is 1. The first kappa shape index (κ1) is 13.6. The summed E-state index contributed by atoms with van der Waals surface area (Å²) in [6.45, 7) is 8.12. The van der Waals surface area contributed by atoms with Gasteiger partial charge in [0.2, 0.25) is 0 Å². The maximum absolute atomic E-state index is 3.80.